The van der Waals surface area contributed by atoms with Crippen molar-refractivity contribution in [3.8, 4) is 0 Å². The molecule has 1 amide bonds. The average Bonchev–Trinajstić information content (AvgIpc) is 2.48. The van der Waals surface area contributed by atoms with E-state index in [4.69, 9.17) is 0 Å². The van der Waals surface area contributed by atoms with E-state index in [0.29, 0.717) is 13.0 Å². The summed E-state index contributed by atoms with van der Waals surface area (Å²) in [4.78, 5) is 11.8. The Balaban J connectivity index is 1.79. The second-order valence-corrected chi connectivity index (χ2v) is 5.32. The van der Waals surface area contributed by atoms with Crippen molar-refractivity contribution in [1.82, 2.24) is 5.32 Å². The highest BCUT2D eigenvalue weighted by atomic mass is 19.1. The minimum absolute atomic E-state index is 0.0116. The van der Waals surface area contributed by atoms with Crippen molar-refractivity contribution in [2.75, 3.05) is 0 Å². The highest BCUT2D eigenvalue weighted by Gasteiger charge is 2.03. The van der Waals surface area contributed by atoms with Gasteiger partial charge in [-0.2, -0.15) is 0 Å². The second-order valence-electron chi connectivity index (χ2n) is 5.32. The minimum Gasteiger partial charge on any atom is -0.352 e. The van der Waals surface area contributed by atoms with Crippen LogP contribution < -0.4 is 5.32 Å². The Morgan fingerprint density at radius 3 is 2.33 bits per heavy atom. The fourth-order valence-electron chi connectivity index (χ4n) is 2.11. The van der Waals surface area contributed by atoms with Gasteiger partial charge in [0.15, 0.2) is 0 Å². The van der Waals surface area contributed by atoms with Gasteiger partial charge in [-0.15, -0.1) is 0 Å². The molecular formula is C18H20FNO. The van der Waals surface area contributed by atoms with E-state index in [1.807, 2.05) is 0 Å². The number of aryl methyl sites for hydroxylation is 3. The van der Waals surface area contributed by atoms with Crippen LogP contribution in [-0.2, 0) is 17.8 Å². The van der Waals surface area contributed by atoms with Crippen LogP contribution in [0.4, 0.5) is 4.39 Å². The normalized spacial score (nSPS) is 10.4. The molecule has 0 saturated heterocycles. The first kappa shape index (κ1) is 15.2. The fraction of sp³-hybridized carbons (Fsp3) is 0.278. The van der Waals surface area contributed by atoms with Crippen molar-refractivity contribution in [2.24, 2.45) is 0 Å². The zero-order chi connectivity index (χ0) is 15.2. The van der Waals surface area contributed by atoms with Gasteiger partial charge >= 0.3 is 0 Å². The van der Waals surface area contributed by atoms with Gasteiger partial charge in [-0.05, 0) is 54.7 Å². The van der Waals surface area contributed by atoms with Crippen LogP contribution in [0.15, 0.2) is 42.5 Å². The number of hydrogen-bond acceptors (Lipinski definition) is 1. The fourth-order valence-corrected chi connectivity index (χ4v) is 2.11. The molecular weight excluding hydrogens is 265 g/mol. The molecule has 0 saturated carbocycles. The highest BCUT2D eigenvalue weighted by molar-refractivity contribution is 5.76. The van der Waals surface area contributed by atoms with Crippen LogP contribution in [0.2, 0.25) is 0 Å². The molecule has 0 atom stereocenters. The lowest BCUT2D eigenvalue weighted by molar-refractivity contribution is -0.121. The predicted octanol–water partition coefficient (Wildman–Crippen LogP) is 3.69. The van der Waals surface area contributed by atoms with E-state index in [-0.39, 0.29) is 11.7 Å². The Bertz CT molecular complexity index is 620. The summed E-state index contributed by atoms with van der Waals surface area (Å²) in [7, 11) is 0. The Kier molecular flexibility index (Phi) is 5.09. The van der Waals surface area contributed by atoms with Crippen LogP contribution in [0.25, 0.3) is 0 Å². The standard InChI is InChI=1S/C18H20FNO/c1-13-3-4-15(11-14(13)2)7-10-18(21)20-12-16-5-8-17(19)9-6-16/h3-6,8-9,11H,7,10,12H2,1-2H3,(H,20,21). The molecule has 2 nitrogen and oxygen atoms in total. The van der Waals surface area contributed by atoms with E-state index in [1.54, 1.807) is 12.1 Å². The van der Waals surface area contributed by atoms with Crippen molar-refractivity contribution in [3.05, 3.63) is 70.5 Å². The predicted molar refractivity (Wildman–Crippen MR) is 82.5 cm³/mol. The second kappa shape index (κ2) is 7.02. The largest absolute Gasteiger partial charge is 0.352 e. The summed E-state index contributed by atoms with van der Waals surface area (Å²) in [6.07, 6.45) is 1.19. The van der Waals surface area contributed by atoms with Gasteiger partial charge in [0, 0.05) is 13.0 Å². The van der Waals surface area contributed by atoms with Gasteiger partial charge in [0.05, 0.1) is 0 Å². The summed E-state index contributed by atoms with van der Waals surface area (Å²) in [6, 6.07) is 12.4. The molecule has 110 valence electrons. The molecule has 0 aliphatic rings. The quantitative estimate of drug-likeness (QED) is 0.892. The third-order valence-corrected chi connectivity index (χ3v) is 3.61. The minimum atomic E-state index is -0.264. The molecule has 21 heavy (non-hydrogen) atoms. The molecule has 0 aromatic heterocycles. The molecule has 2 rings (SSSR count). The Labute approximate surface area is 125 Å². The van der Waals surface area contributed by atoms with Crippen molar-refractivity contribution in [1.29, 1.82) is 0 Å². The maximum atomic E-state index is 12.8. The summed E-state index contributed by atoms with van der Waals surface area (Å²) < 4.78 is 12.8. The van der Waals surface area contributed by atoms with Crippen LogP contribution in [0.3, 0.4) is 0 Å². The van der Waals surface area contributed by atoms with E-state index in [0.717, 1.165) is 12.0 Å². The molecule has 0 unspecified atom stereocenters. The van der Waals surface area contributed by atoms with Crippen LogP contribution in [0.1, 0.15) is 28.7 Å². The average molecular weight is 285 g/mol. The lowest BCUT2D eigenvalue weighted by atomic mass is 10.0. The molecule has 2 aromatic carbocycles. The van der Waals surface area contributed by atoms with Gasteiger partial charge in [0.2, 0.25) is 5.91 Å². The first-order chi connectivity index (χ1) is 10.0. The molecule has 0 aliphatic carbocycles. The van der Waals surface area contributed by atoms with E-state index in [1.165, 1.54) is 28.8 Å². The third kappa shape index (κ3) is 4.71. The van der Waals surface area contributed by atoms with Crippen molar-refractivity contribution in [3.63, 3.8) is 0 Å². The van der Waals surface area contributed by atoms with E-state index in [9.17, 15) is 9.18 Å². The number of hydrogen-bond donors (Lipinski definition) is 1. The Hall–Kier alpha value is -2.16. The van der Waals surface area contributed by atoms with Crippen LogP contribution in [-0.4, -0.2) is 5.91 Å². The monoisotopic (exact) mass is 285 g/mol. The molecule has 0 fully saturated rings. The topological polar surface area (TPSA) is 29.1 Å². The first-order valence-corrected chi connectivity index (χ1v) is 7.12. The van der Waals surface area contributed by atoms with Gasteiger partial charge in [-0.3, -0.25) is 4.79 Å². The smallest absolute Gasteiger partial charge is 0.220 e. The van der Waals surface area contributed by atoms with Gasteiger partial charge in [0.25, 0.3) is 0 Å². The zero-order valence-corrected chi connectivity index (χ0v) is 12.4. The van der Waals surface area contributed by atoms with Gasteiger partial charge in [-0.25, -0.2) is 4.39 Å². The zero-order valence-electron chi connectivity index (χ0n) is 12.4. The molecule has 2 aromatic rings. The molecule has 0 aliphatic heterocycles. The maximum absolute atomic E-state index is 12.8. The summed E-state index contributed by atoms with van der Waals surface area (Å²) >= 11 is 0. The number of rotatable bonds is 5. The van der Waals surface area contributed by atoms with E-state index >= 15 is 0 Å². The van der Waals surface area contributed by atoms with Crippen molar-refractivity contribution in [2.45, 2.75) is 33.2 Å². The van der Waals surface area contributed by atoms with Gasteiger partial charge < -0.3 is 5.32 Å². The number of benzene rings is 2. The summed E-state index contributed by atoms with van der Waals surface area (Å²) in [5.74, 6) is -0.252. The van der Waals surface area contributed by atoms with Gasteiger partial charge in [-0.1, -0.05) is 30.3 Å². The lowest BCUT2D eigenvalue weighted by Gasteiger charge is -2.07. The molecule has 0 heterocycles. The SMILES string of the molecule is Cc1ccc(CCC(=O)NCc2ccc(F)cc2)cc1C. The van der Waals surface area contributed by atoms with Crippen molar-refractivity contribution < 1.29 is 9.18 Å². The van der Waals surface area contributed by atoms with Crippen LogP contribution >= 0.6 is 0 Å². The summed E-state index contributed by atoms with van der Waals surface area (Å²) in [5, 5.41) is 2.85. The molecule has 0 radical (unpaired) electrons. The van der Waals surface area contributed by atoms with E-state index in [2.05, 4.69) is 37.4 Å². The maximum Gasteiger partial charge on any atom is 0.220 e. The van der Waals surface area contributed by atoms with Crippen LogP contribution in [0, 0.1) is 19.7 Å². The lowest BCUT2D eigenvalue weighted by Crippen LogP contribution is -2.23. The Morgan fingerprint density at radius 2 is 1.67 bits per heavy atom. The van der Waals surface area contributed by atoms with E-state index < -0.39 is 0 Å². The number of nitrogens with one attached hydrogen (secondary N) is 1. The van der Waals surface area contributed by atoms with Gasteiger partial charge in [0.1, 0.15) is 5.82 Å². The molecule has 3 heteroatoms. The molecule has 0 spiro atoms. The first-order valence-electron chi connectivity index (χ1n) is 7.12. The Morgan fingerprint density at radius 1 is 1.00 bits per heavy atom. The number of amides is 1. The van der Waals surface area contributed by atoms with Crippen LogP contribution in [0.5, 0.6) is 0 Å². The highest BCUT2D eigenvalue weighted by Crippen LogP contribution is 2.11. The van der Waals surface area contributed by atoms with Crippen molar-refractivity contribution >= 4 is 5.91 Å². The summed E-state index contributed by atoms with van der Waals surface area (Å²) in [6.45, 7) is 4.59. The number of halogens is 1. The number of carbonyl (C=O) groups excluding carboxylic acids is 1. The number of carbonyl (C=O) groups is 1. The summed E-state index contributed by atoms with van der Waals surface area (Å²) in [5.41, 5.74) is 4.59. The third-order valence-electron chi connectivity index (χ3n) is 3.61. The molecule has 0 bridgehead atoms. The molecule has 1 N–H and O–H groups in total.